The lowest BCUT2D eigenvalue weighted by Gasteiger charge is -2.10. The van der Waals surface area contributed by atoms with Crippen molar-refractivity contribution in [3.05, 3.63) is 58.6 Å². The van der Waals surface area contributed by atoms with Crippen LogP contribution < -0.4 is 15.8 Å². The van der Waals surface area contributed by atoms with Crippen LogP contribution in [0.2, 0.25) is 5.02 Å². The van der Waals surface area contributed by atoms with Crippen LogP contribution in [0.3, 0.4) is 0 Å². The Bertz CT molecular complexity index is 788. The third-order valence-electron chi connectivity index (χ3n) is 3.14. The number of halogens is 1. The zero-order chi connectivity index (χ0) is 17.7. The molecule has 0 unspecified atom stereocenters. The number of ether oxygens (including phenoxy) is 1. The Kier molecular flexibility index (Phi) is 5.55. The average Bonchev–Trinajstić information content (AvgIpc) is 2.54. The van der Waals surface area contributed by atoms with Gasteiger partial charge in [0.15, 0.2) is 12.4 Å². The Balaban J connectivity index is 1.98. The first-order valence-electron chi connectivity index (χ1n) is 7.00. The van der Waals surface area contributed by atoms with Crippen LogP contribution in [-0.2, 0) is 4.79 Å². The number of amides is 2. The molecule has 3 N–H and O–H groups in total. The molecular formula is C17H15ClN2O4. The van der Waals surface area contributed by atoms with E-state index in [4.69, 9.17) is 22.1 Å². The van der Waals surface area contributed by atoms with Crippen molar-refractivity contribution < 1.29 is 19.1 Å². The van der Waals surface area contributed by atoms with Gasteiger partial charge in [0, 0.05) is 16.3 Å². The molecule has 0 fully saturated rings. The Morgan fingerprint density at radius 2 is 1.79 bits per heavy atom. The third kappa shape index (κ3) is 4.57. The van der Waals surface area contributed by atoms with Crippen molar-refractivity contribution in [1.29, 1.82) is 0 Å². The van der Waals surface area contributed by atoms with E-state index in [1.54, 1.807) is 24.3 Å². The second kappa shape index (κ2) is 7.61. The molecule has 6 nitrogen and oxygen atoms in total. The van der Waals surface area contributed by atoms with E-state index in [2.05, 4.69) is 5.32 Å². The molecule has 0 aliphatic heterocycles. The lowest BCUT2D eigenvalue weighted by atomic mass is 10.1. The standard InChI is InChI=1S/C17H15ClN2O4/c1-10(21)11-2-5-13(6-3-11)20-16(22)9-24-15-7-4-12(18)8-14(15)17(19)23/h2-8H,9H2,1H3,(H2,19,23)(H,20,22). The molecule has 0 saturated heterocycles. The molecule has 2 amide bonds. The van der Waals surface area contributed by atoms with E-state index in [1.807, 2.05) is 0 Å². The fourth-order valence-electron chi connectivity index (χ4n) is 1.95. The first-order valence-corrected chi connectivity index (χ1v) is 7.37. The zero-order valence-corrected chi connectivity index (χ0v) is 13.6. The zero-order valence-electron chi connectivity index (χ0n) is 12.8. The summed E-state index contributed by atoms with van der Waals surface area (Å²) in [6, 6.07) is 10.8. The molecule has 0 aromatic heterocycles. The van der Waals surface area contributed by atoms with Gasteiger partial charge in [-0.1, -0.05) is 11.6 Å². The minimum atomic E-state index is -0.701. The lowest BCUT2D eigenvalue weighted by molar-refractivity contribution is -0.118. The summed E-state index contributed by atoms with van der Waals surface area (Å²) in [6.07, 6.45) is 0. The highest BCUT2D eigenvalue weighted by Gasteiger charge is 2.12. The molecule has 0 aliphatic carbocycles. The summed E-state index contributed by atoms with van der Waals surface area (Å²) in [7, 11) is 0. The summed E-state index contributed by atoms with van der Waals surface area (Å²) >= 11 is 5.80. The summed E-state index contributed by atoms with van der Waals surface area (Å²) in [4.78, 5) is 34.5. The van der Waals surface area contributed by atoms with Gasteiger partial charge < -0.3 is 15.8 Å². The second-order valence-corrected chi connectivity index (χ2v) is 5.41. The first-order chi connectivity index (χ1) is 11.4. The monoisotopic (exact) mass is 346 g/mol. The summed E-state index contributed by atoms with van der Waals surface area (Å²) in [5, 5.41) is 2.96. The maximum absolute atomic E-state index is 11.9. The van der Waals surface area contributed by atoms with Crippen molar-refractivity contribution in [2.24, 2.45) is 5.73 Å². The van der Waals surface area contributed by atoms with Gasteiger partial charge in [-0.3, -0.25) is 14.4 Å². The minimum absolute atomic E-state index is 0.0575. The van der Waals surface area contributed by atoms with Crippen LogP contribution in [0.1, 0.15) is 27.6 Å². The fourth-order valence-corrected chi connectivity index (χ4v) is 2.12. The fraction of sp³-hybridized carbons (Fsp3) is 0.118. The number of carbonyl (C=O) groups excluding carboxylic acids is 3. The normalized spacial score (nSPS) is 10.1. The highest BCUT2D eigenvalue weighted by molar-refractivity contribution is 6.31. The summed E-state index contributed by atoms with van der Waals surface area (Å²) in [5.41, 5.74) is 6.42. The predicted octanol–water partition coefficient (Wildman–Crippen LogP) is 2.66. The smallest absolute Gasteiger partial charge is 0.262 e. The van der Waals surface area contributed by atoms with E-state index >= 15 is 0 Å². The number of nitrogens with one attached hydrogen (secondary N) is 1. The van der Waals surface area contributed by atoms with E-state index in [-0.39, 0.29) is 23.7 Å². The summed E-state index contributed by atoms with van der Waals surface area (Å²) in [6.45, 7) is 1.15. The van der Waals surface area contributed by atoms with Gasteiger partial charge in [-0.05, 0) is 49.4 Å². The molecule has 0 aliphatic rings. The van der Waals surface area contributed by atoms with Crippen molar-refractivity contribution in [3.8, 4) is 5.75 Å². The van der Waals surface area contributed by atoms with Gasteiger partial charge in [-0.25, -0.2) is 0 Å². The van der Waals surface area contributed by atoms with Gasteiger partial charge in [0.1, 0.15) is 5.75 Å². The van der Waals surface area contributed by atoms with Crippen LogP contribution in [0, 0.1) is 0 Å². The van der Waals surface area contributed by atoms with Crippen molar-refractivity contribution in [2.45, 2.75) is 6.92 Å². The lowest BCUT2D eigenvalue weighted by Crippen LogP contribution is -2.21. The van der Waals surface area contributed by atoms with E-state index in [1.165, 1.54) is 25.1 Å². The van der Waals surface area contributed by atoms with Gasteiger partial charge in [-0.15, -0.1) is 0 Å². The Morgan fingerprint density at radius 1 is 1.12 bits per heavy atom. The number of primary amides is 1. The molecule has 2 rings (SSSR count). The Hall–Kier alpha value is -2.86. The van der Waals surface area contributed by atoms with E-state index in [9.17, 15) is 14.4 Å². The number of benzene rings is 2. The van der Waals surface area contributed by atoms with Crippen LogP contribution in [0.5, 0.6) is 5.75 Å². The van der Waals surface area contributed by atoms with Crippen molar-refractivity contribution in [2.75, 3.05) is 11.9 Å². The topological polar surface area (TPSA) is 98.5 Å². The molecule has 0 spiro atoms. The molecule has 0 saturated carbocycles. The third-order valence-corrected chi connectivity index (χ3v) is 3.38. The first kappa shape index (κ1) is 17.5. The molecule has 7 heteroatoms. The van der Waals surface area contributed by atoms with Crippen LogP contribution >= 0.6 is 11.6 Å². The van der Waals surface area contributed by atoms with Gasteiger partial charge >= 0.3 is 0 Å². The van der Waals surface area contributed by atoms with Crippen LogP contribution in [0.25, 0.3) is 0 Å². The number of anilines is 1. The average molecular weight is 347 g/mol. The van der Waals surface area contributed by atoms with Gasteiger partial charge in [0.05, 0.1) is 5.56 Å². The van der Waals surface area contributed by atoms with Gasteiger partial charge in [0.2, 0.25) is 0 Å². The van der Waals surface area contributed by atoms with E-state index in [0.717, 1.165) is 0 Å². The quantitative estimate of drug-likeness (QED) is 0.785. The maximum Gasteiger partial charge on any atom is 0.262 e. The highest BCUT2D eigenvalue weighted by atomic mass is 35.5. The molecule has 0 bridgehead atoms. The summed E-state index contributed by atoms with van der Waals surface area (Å²) < 4.78 is 5.32. The highest BCUT2D eigenvalue weighted by Crippen LogP contribution is 2.22. The molecule has 2 aromatic carbocycles. The van der Waals surface area contributed by atoms with Crippen LogP contribution in [0.4, 0.5) is 5.69 Å². The van der Waals surface area contributed by atoms with Crippen molar-refractivity contribution >= 4 is 34.9 Å². The van der Waals surface area contributed by atoms with Crippen molar-refractivity contribution in [3.63, 3.8) is 0 Å². The molecule has 0 atom stereocenters. The molecule has 0 radical (unpaired) electrons. The molecule has 0 heterocycles. The van der Waals surface area contributed by atoms with Crippen LogP contribution in [0.15, 0.2) is 42.5 Å². The van der Waals surface area contributed by atoms with Gasteiger partial charge in [0.25, 0.3) is 11.8 Å². The van der Waals surface area contributed by atoms with Crippen LogP contribution in [-0.4, -0.2) is 24.2 Å². The molecule has 2 aromatic rings. The van der Waals surface area contributed by atoms with Gasteiger partial charge in [-0.2, -0.15) is 0 Å². The Morgan fingerprint density at radius 3 is 2.38 bits per heavy atom. The largest absolute Gasteiger partial charge is 0.483 e. The molecule has 24 heavy (non-hydrogen) atoms. The number of ketones is 1. The maximum atomic E-state index is 11.9. The Labute approximate surface area is 143 Å². The van der Waals surface area contributed by atoms with E-state index < -0.39 is 11.8 Å². The SMILES string of the molecule is CC(=O)c1ccc(NC(=O)COc2ccc(Cl)cc2C(N)=O)cc1. The molecular weight excluding hydrogens is 332 g/mol. The minimum Gasteiger partial charge on any atom is -0.483 e. The number of nitrogens with two attached hydrogens (primary N) is 1. The number of rotatable bonds is 6. The summed E-state index contributed by atoms with van der Waals surface area (Å²) in [5.74, 6) is -1.00. The molecule has 124 valence electrons. The predicted molar refractivity (Wildman–Crippen MR) is 90.5 cm³/mol. The second-order valence-electron chi connectivity index (χ2n) is 4.98. The number of carbonyl (C=O) groups is 3. The number of hydrogen-bond acceptors (Lipinski definition) is 4. The number of hydrogen-bond donors (Lipinski definition) is 2. The van der Waals surface area contributed by atoms with E-state index in [0.29, 0.717) is 16.3 Å². The van der Waals surface area contributed by atoms with Crippen molar-refractivity contribution in [1.82, 2.24) is 0 Å². The number of Topliss-reactive ketones (excluding diaryl/α,β-unsaturated/α-hetero) is 1.